The molecule has 0 bridgehead atoms. The number of aryl methyl sites for hydroxylation is 1. The van der Waals surface area contributed by atoms with Crippen LogP contribution in [0.3, 0.4) is 0 Å². The van der Waals surface area contributed by atoms with Crippen molar-refractivity contribution in [2.45, 2.75) is 6.92 Å². The third-order valence-electron chi connectivity index (χ3n) is 6.07. The van der Waals surface area contributed by atoms with Gasteiger partial charge < -0.3 is 4.90 Å². The lowest BCUT2D eigenvalue weighted by atomic mass is 9.94. The molecule has 168 valence electrons. The second-order valence-corrected chi connectivity index (χ2v) is 9.19. The van der Waals surface area contributed by atoms with Gasteiger partial charge in [-0.05, 0) is 54.8 Å². The molecule has 3 amide bonds. The van der Waals surface area contributed by atoms with E-state index < -0.39 is 0 Å². The number of anilines is 1. The number of hydrogen-bond acceptors (Lipinski definition) is 3. The third kappa shape index (κ3) is 3.90. The number of carbonyl (C=O) groups is 3. The number of nitrogens with zero attached hydrogens (tertiary/aromatic N) is 2. The minimum absolute atomic E-state index is 0.0794. The number of benzene rings is 4. The summed E-state index contributed by atoms with van der Waals surface area (Å²) in [6.07, 6.45) is 0. The topological polar surface area (TPSA) is 57.7 Å². The number of imide groups is 1. The smallest absolute Gasteiger partial charge is 0.261 e. The normalized spacial score (nSPS) is 12.8. The molecule has 0 N–H and O–H groups in total. The number of halogens is 1. The quantitative estimate of drug-likeness (QED) is 0.315. The maximum atomic E-state index is 13.5. The van der Waals surface area contributed by atoms with E-state index in [9.17, 15) is 14.4 Å². The van der Waals surface area contributed by atoms with Gasteiger partial charge in [-0.1, -0.05) is 64.0 Å². The summed E-state index contributed by atoms with van der Waals surface area (Å²) in [5, 5.41) is 1.55. The van der Waals surface area contributed by atoms with Gasteiger partial charge in [-0.25, -0.2) is 0 Å². The van der Waals surface area contributed by atoms with Gasteiger partial charge in [0.1, 0.15) is 0 Å². The molecule has 0 aliphatic carbocycles. The molecule has 0 radical (unpaired) electrons. The first-order valence-electron chi connectivity index (χ1n) is 11.0. The largest absolute Gasteiger partial charge is 0.307 e. The van der Waals surface area contributed by atoms with Crippen LogP contribution in [0.5, 0.6) is 0 Å². The van der Waals surface area contributed by atoms with Crippen LogP contribution in [0.4, 0.5) is 5.69 Å². The van der Waals surface area contributed by atoms with Gasteiger partial charge >= 0.3 is 0 Å². The summed E-state index contributed by atoms with van der Waals surface area (Å²) < 4.78 is 0.799. The maximum absolute atomic E-state index is 13.5. The Kier molecular flexibility index (Phi) is 5.75. The van der Waals surface area contributed by atoms with Crippen LogP contribution in [-0.4, -0.2) is 35.7 Å². The van der Waals surface area contributed by atoms with Crippen LogP contribution in [0.25, 0.3) is 10.8 Å². The Balaban J connectivity index is 1.47. The molecule has 6 heteroatoms. The van der Waals surface area contributed by atoms with E-state index in [4.69, 9.17) is 0 Å². The molecule has 4 aromatic rings. The zero-order chi connectivity index (χ0) is 23.8. The van der Waals surface area contributed by atoms with E-state index in [0.717, 1.165) is 15.4 Å². The Bertz CT molecular complexity index is 1400. The molecule has 0 aromatic heterocycles. The van der Waals surface area contributed by atoms with E-state index in [1.807, 2.05) is 61.5 Å². The molecule has 0 fully saturated rings. The SMILES string of the molecule is Cc1ccc(N(CCN2C(=O)c3cccc4cccc(c34)C2=O)C(=O)c2cccc(Br)c2)cc1. The highest BCUT2D eigenvalue weighted by Gasteiger charge is 2.33. The number of amides is 3. The van der Waals surface area contributed by atoms with E-state index >= 15 is 0 Å². The van der Waals surface area contributed by atoms with Crippen LogP contribution in [0.1, 0.15) is 36.6 Å². The monoisotopic (exact) mass is 512 g/mol. The van der Waals surface area contributed by atoms with Gasteiger partial charge in [-0.3, -0.25) is 19.3 Å². The van der Waals surface area contributed by atoms with Crippen molar-refractivity contribution >= 4 is 50.1 Å². The van der Waals surface area contributed by atoms with Crippen LogP contribution in [0.15, 0.2) is 89.4 Å². The first-order valence-corrected chi connectivity index (χ1v) is 11.8. The maximum Gasteiger partial charge on any atom is 0.261 e. The zero-order valence-electron chi connectivity index (χ0n) is 18.5. The van der Waals surface area contributed by atoms with Crippen molar-refractivity contribution in [2.75, 3.05) is 18.0 Å². The van der Waals surface area contributed by atoms with Crippen molar-refractivity contribution in [1.29, 1.82) is 0 Å². The summed E-state index contributed by atoms with van der Waals surface area (Å²) in [4.78, 5) is 42.9. The molecule has 1 aliphatic heterocycles. The van der Waals surface area contributed by atoms with Crippen molar-refractivity contribution in [3.63, 3.8) is 0 Å². The lowest BCUT2D eigenvalue weighted by Gasteiger charge is -2.30. The Hall–Kier alpha value is -3.77. The molecule has 5 nitrogen and oxygen atoms in total. The zero-order valence-corrected chi connectivity index (χ0v) is 20.1. The van der Waals surface area contributed by atoms with E-state index in [1.165, 1.54) is 4.90 Å². The standard InChI is InChI=1S/C28H21BrN2O3/c1-18-11-13-22(14-12-18)30(26(32)20-7-2-8-21(29)17-20)15-16-31-27(33)23-9-3-5-19-6-4-10-24(25(19)23)28(31)34/h2-14,17H,15-16H2,1H3. The first-order chi connectivity index (χ1) is 16.4. The Labute approximate surface area is 205 Å². The summed E-state index contributed by atoms with van der Waals surface area (Å²) in [6.45, 7) is 2.23. The van der Waals surface area contributed by atoms with Crippen LogP contribution in [0, 0.1) is 6.92 Å². The van der Waals surface area contributed by atoms with Crippen LogP contribution < -0.4 is 4.90 Å². The molecule has 4 aromatic carbocycles. The molecule has 0 unspecified atom stereocenters. The summed E-state index contributed by atoms with van der Waals surface area (Å²) in [6, 6.07) is 25.7. The molecule has 1 aliphatic rings. The lowest BCUT2D eigenvalue weighted by Crippen LogP contribution is -2.46. The molecule has 0 atom stereocenters. The van der Waals surface area contributed by atoms with Gasteiger partial charge in [0.25, 0.3) is 17.7 Å². The number of hydrogen-bond donors (Lipinski definition) is 0. The second kappa shape index (κ2) is 8.88. The molecule has 0 saturated carbocycles. The van der Waals surface area contributed by atoms with Gasteiger partial charge in [-0.2, -0.15) is 0 Å². The fourth-order valence-electron chi connectivity index (χ4n) is 4.33. The summed E-state index contributed by atoms with van der Waals surface area (Å²) in [5.41, 5.74) is 3.31. The molecular weight excluding hydrogens is 492 g/mol. The number of carbonyl (C=O) groups excluding carboxylic acids is 3. The highest BCUT2D eigenvalue weighted by atomic mass is 79.9. The van der Waals surface area contributed by atoms with Crippen LogP contribution >= 0.6 is 15.9 Å². The van der Waals surface area contributed by atoms with Crippen molar-refractivity contribution in [3.8, 4) is 0 Å². The molecular formula is C28H21BrN2O3. The van der Waals surface area contributed by atoms with Gasteiger partial charge in [0.2, 0.25) is 0 Å². The van der Waals surface area contributed by atoms with Crippen molar-refractivity contribution < 1.29 is 14.4 Å². The fourth-order valence-corrected chi connectivity index (χ4v) is 4.73. The average molecular weight is 513 g/mol. The summed E-state index contributed by atoms with van der Waals surface area (Å²) >= 11 is 3.42. The second-order valence-electron chi connectivity index (χ2n) is 8.27. The van der Waals surface area contributed by atoms with Gasteiger partial charge in [-0.15, -0.1) is 0 Å². The minimum Gasteiger partial charge on any atom is -0.307 e. The summed E-state index contributed by atoms with van der Waals surface area (Å²) in [7, 11) is 0. The third-order valence-corrected chi connectivity index (χ3v) is 6.56. The highest BCUT2D eigenvalue weighted by molar-refractivity contribution is 9.10. The van der Waals surface area contributed by atoms with E-state index in [0.29, 0.717) is 27.8 Å². The number of rotatable bonds is 5. The van der Waals surface area contributed by atoms with Gasteiger partial charge in [0, 0.05) is 45.3 Å². The van der Waals surface area contributed by atoms with Crippen molar-refractivity contribution in [1.82, 2.24) is 4.90 Å². The van der Waals surface area contributed by atoms with Gasteiger partial charge in [0.15, 0.2) is 0 Å². The fraction of sp³-hybridized carbons (Fsp3) is 0.107. The van der Waals surface area contributed by atoms with Gasteiger partial charge in [0.05, 0.1) is 0 Å². The van der Waals surface area contributed by atoms with Crippen molar-refractivity contribution in [3.05, 3.63) is 112 Å². The van der Waals surface area contributed by atoms with Crippen molar-refractivity contribution in [2.24, 2.45) is 0 Å². The molecule has 1 heterocycles. The molecule has 5 rings (SSSR count). The van der Waals surface area contributed by atoms with E-state index in [-0.39, 0.29) is 30.8 Å². The predicted octanol–water partition coefficient (Wildman–Crippen LogP) is 5.85. The molecule has 34 heavy (non-hydrogen) atoms. The lowest BCUT2D eigenvalue weighted by molar-refractivity contribution is 0.0611. The minimum atomic E-state index is -0.340. The predicted molar refractivity (Wildman–Crippen MR) is 136 cm³/mol. The van der Waals surface area contributed by atoms with E-state index in [1.54, 1.807) is 35.2 Å². The Morgan fingerprint density at radius 2 is 1.47 bits per heavy atom. The molecule has 0 saturated heterocycles. The van der Waals surface area contributed by atoms with Crippen LogP contribution in [0.2, 0.25) is 0 Å². The summed E-state index contributed by atoms with van der Waals surface area (Å²) in [5.74, 6) is -0.884. The average Bonchev–Trinajstić information content (AvgIpc) is 2.85. The van der Waals surface area contributed by atoms with Crippen LogP contribution in [-0.2, 0) is 0 Å². The highest BCUT2D eigenvalue weighted by Crippen LogP contribution is 2.30. The Morgan fingerprint density at radius 1 is 0.853 bits per heavy atom. The Morgan fingerprint density at radius 3 is 2.09 bits per heavy atom. The molecule has 0 spiro atoms. The van der Waals surface area contributed by atoms with E-state index in [2.05, 4.69) is 15.9 Å². The first kappa shape index (κ1) is 22.0.